The maximum atomic E-state index is 15.0. The Kier molecular flexibility index (Phi) is 6.89. The topological polar surface area (TPSA) is 97.5 Å². The molecule has 1 atom stereocenters. The van der Waals surface area contributed by atoms with Crippen LogP contribution < -0.4 is 0 Å². The zero-order chi connectivity index (χ0) is 27.8. The van der Waals surface area contributed by atoms with Gasteiger partial charge in [-0.3, -0.25) is 9.59 Å². The van der Waals surface area contributed by atoms with E-state index >= 15 is 4.39 Å². The SMILES string of the molecule is Cc1c2ccc3c1nnn3CCOC/C=C/c1ccc(c(F)c1)C(=O)N1CCc3ccc(cc3C1)C2CC(=O)O. The van der Waals surface area contributed by atoms with Gasteiger partial charge in [0.2, 0.25) is 0 Å². The molecule has 1 unspecified atom stereocenters. The van der Waals surface area contributed by atoms with E-state index in [2.05, 4.69) is 10.3 Å². The van der Waals surface area contributed by atoms with Crippen LogP contribution in [-0.4, -0.2) is 56.6 Å². The van der Waals surface area contributed by atoms with Crippen molar-refractivity contribution in [2.45, 2.75) is 38.8 Å². The first-order valence-electron chi connectivity index (χ1n) is 13.4. The van der Waals surface area contributed by atoms with Gasteiger partial charge in [-0.2, -0.15) is 0 Å². The highest BCUT2D eigenvalue weighted by Crippen LogP contribution is 2.35. The zero-order valence-corrected chi connectivity index (χ0v) is 22.1. The Morgan fingerprint density at radius 1 is 1.12 bits per heavy atom. The number of amides is 1. The summed E-state index contributed by atoms with van der Waals surface area (Å²) in [4.78, 5) is 27.0. The van der Waals surface area contributed by atoms with Gasteiger partial charge in [-0.25, -0.2) is 9.07 Å². The second-order valence-corrected chi connectivity index (χ2v) is 10.3. The Morgan fingerprint density at radius 3 is 2.83 bits per heavy atom. The molecule has 0 fully saturated rings. The minimum absolute atomic E-state index is 0.0353. The number of carboxylic acid groups (broad SMARTS) is 1. The highest BCUT2D eigenvalue weighted by atomic mass is 19.1. The van der Waals surface area contributed by atoms with Crippen LogP contribution in [0.25, 0.3) is 17.1 Å². The van der Waals surface area contributed by atoms with E-state index in [0.717, 1.165) is 38.9 Å². The smallest absolute Gasteiger partial charge is 0.304 e. The summed E-state index contributed by atoms with van der Waals surface area (Å²) >= 11 is 0. The molecule has 6 heterocycles. The number of nitrogens with zero attached hydrogens (tertiary/aromatic N) is 4. The fraction of sp³-hybridized carbons (Fsp3) is 0.290. The average Bonchev–Trinajstić information content (AvgIpc) is 3.36. The number of carboxylic acids is 1. The lowest BCUT2D eigenvalue weighted by Gasteiger charge is -2.30. The molecule has 1 N–H and O–H groups in total. The van der Waals surface area contributed by atoms with Crippen molar-refractivity contribution in [1.82, 2.24) is 19.9 Å². The average molecular weight is 541 g/mol. The number of hydrogen-bond acceptors (Lipinski definition) is 5. The molecule has 3 aromatic carbocycles. The van der Waals surface area contributed by atoms with Crippen molar-refractivity contribution in [3.8, 4) is 0 Å². The number of aromatic nitrogens is 3. The van der Waals surface area contributed by atoms with Gasteiger partial charge in [0.25, 0.3) is 5.91 Å². The number of benzene rings is 3. The Hall–Kier alpha value is -4.37. The Balaban J connectivity index is 1.44. The maximum Gasteiger partial charge on any atom is 0.304 e. The number of aliphatic carboxylic acids is 1. The van der Waals surface area contributed by atoms with Crippen molar-refractivity contribution >= 4 is 29.0 Å². The van der Waals surface area contributed by atoms with Crippen LogP contribution in [0.1, 0.15) is 56.1 Å². The molecule has 0 spiro atoms. The number of rotatable bonds is 2. The van der Waals surface area contributed by atoms with E-state index in [9.17, 15) is 14.7 Å². The second-order valence-electron chi connectivity index (χ2n) is 10.3. The van der Waals surface area contributed by atoms with E-state index in [1.807, 2.05) is 37.3 Å². The fourth-order valence-corrected chi connectivity index (χ4v) is 5.74. The van der Waals surface area contributed by atoms with Gasteiger partial charge >= 0.3 is 5.97 Å². The molecular formula is C31H29FN4O4. The zero-order valence-electron chi connectivity index (χ0n) is 22.1. The van der Waals surface area contributed by atoms with Crippen molar-refractivity contribution in [3.05, 3.63) is 99.4 Å². The van der Waals surface area contributed by atoms with Gasteiger partial charge < -0.3 is 14.7 Å². The highest BCUT2D eigenvalue weighted by molar-refractivity contribution is 5.95. The summed E-state index contributed by atoms with van der Waals surface area (Å²) in [6.45, 7) is 3.99. The van der Waals surface area contributed by atoms with Crippen molar-refractivity contribution in [2.24, 2.45) is 0 Å². The van der Waals surface area contributed by atoms with Crippen LogP contribution in [0.3, 0.4) is 0 Å². The largest absolute Gasteiger partial charge is 0.481 e. The van der Waals surface area contributed by atoms with Crippen LogP contribution in [0.2, 0.25) is 0 Å². The summed E-state index contributed by atoms with van der Waals surface area (Å²) < 4.78 is 22.5. The van der Waals surface area contributed by atoms with Crippen LogP contribution in [0.5, 0.6) is 0 Å². The molecule has 9 rings (SSSR count). The fourth-order valence-electron chi connectivity index (χ4n) is 5.74. The van der Waals surface area contributed by atoms with E-state index in [0.29, 0.717) is 44.8 Å². The standard InChI is InChI=1S/C31H29FN4O4/c1-19-24-8-9-28-30(19)33-34-36(28)12-14-40-13-2-3-20-4-7-25(27(32)15-20)31(39)35-11-10-21-5-6-22(16-23(21)18-35)26(24)17-29(37)38/h2-9,15-16,26H,10-14,17-18H2,1H3,(H,37,38)/b3-2+. The second kappa shape index (κ2) is 10.7. The lowest BCUT2D eigenvalue weighted by Crippen LogP contribution is -2.36. The number of carbonyl (C=O) groups excluding carboxylic acids is 1. The van der Waals surface area contributed by atoms with Crippen molar-refractivity contribution in [2.75, 3.05) is 19.8 Å². The summed E-state index contributed by atoms with van der Waals surface area (Å²) in [6, 6.07) is 14.5. The molecule has 9 bridgehead atoms. The number of carbonyl (C=O) groups is 2. The van der Waals surface area contributed by atoms with Gasteiger partial charge in [-0.15, -0.1) is 5.10 Å². The predicted octanol–water partition coefficient (Wildman–Crippen LogP) is 4.73. The number of ether oxygens (including phenoxy) is 1. The molecule has 8 nitrogen and oxygen atoms in total. The molecule has 4 aromatic rings. The monoisotopic (exact) mass is 540 g/mol. The van der Waals surface area contributed by atoms with Crippen LogP contribution in [0.15, 0.2) is 54.6 Å². The van der Waals surface area contributed by atoms with E-state index < -0.39 is 17.7 Å². The number of halogens is 1. The third-order valence-electron chi connectivity index (χ3n) is 7.86. The first-order chi connectivity index (χ1) is 19.4. The molecule has 9 heteroatoms. The number of hydrogen-bond donors (Lipinski definition) is 1. The molecule has 5 aliphatic heterocycles. The predicted molar refractivity (Wildman–Crippen MR) is 148 cm³/mol. The lowest BCUT2D eigenvalue weighted by molar-refractivity contribution is -0.137. The van der Waals surface area contributed by atoms with Gasteiger partial charge in [-0.05, 0) is 64.9 Å². The third-order valence-corrected chi connectivity index (χ3v) is 7.86. The van der Waals surface area contributed by atoms with E-state index in [1.54, 1.807) is 27.8 Å². The van der Waals surface area contributed by atoms with E-state index in [-0.39, 0.29) is 17.9 Å². The minimum atomic E-state index is -0.908. The molecule has 5 aliphatic rings. The molecule has 0 aliphatic carbocycles. The Morgan fingerprint density at radius 2 is 2.00 bits per heavy atom. The molecule has 0 saturated heterocycles. The molecule has 40 heavy (non-hydrogen) atoms. The van der Waals surface area contributed by atoms with E-state index in [1.165, 1.54) is 12.1 Å². The van der Waals surface area contributed by atoms with Crippen molar-refractivity contribution in [1.29, 1.82) is 0 Å². The molecule has 0 saturated carbocycles. The molecule has 0 radical (unpaired) electrons. The maximum absolute atomic E-state index is 15.0. The number of aryl methyl sites for hydroxylation is 1. The minimum Gasteiger partial charge on any atom is -0.481 e. The molecule has 1 amide bonds. The first-order valence-corrected chi connectivity index (χ1v) is 13.4. The molecule has 204 valence electrons. The summed E-state index contributed by atoms with van der Waals surface area (Å²) in [5.41, 5.74) is 6.92. The van der Waals surface area contributed by atoms with E-state index in [4.69, 9.17) is 4.74 Å². The quantitative estimate of drug-likeness (QED) is 0.395. The van der Waals surface area contributed by atoms with Crippen molar-refractivity contribution in [3.63, 3.8) is 0 Å². The summed E-state index contributed by atoms with van der Waals surface area (Å²) in [5, 5.41) is 18.6. The van der Waals surface area contributed by atoms with Gasteiger partial charge in [0.1, 0.15) is 11.3 Å². The summed E-state index contributed by atoms with van der Waals surface area (Å²) in [6.07, 6.45) is 4.12. The summed E-state index contributed by atoms with van der Waals surface area (Å²) in [7, 11) is 0. The molecule has 1 aromatic heterocycles. The van der Waals surface area contributed by atoms with Crippen LogP contribution in [-0.2, 0) is 29.0 Å². The van der Waals surface area contributed by atoms with Crippen LogP contribution in [0.4, 0.5) is 4.39 Å². The Bertz CT molecular complexity index is 1660. The third kappa shape index (κ3) is 4.88. The van der Waals surface area contributed by atoms with Gasteiger partial charge in [0, 0.05) is 19.0 Å². The first kappa shape index (κ1) is 25.9. The van der Waals surface area contributed by atoms with Crippen LogP contribution in [0, 0.1) is 12.7 Å². The van der Waals surface area contributed by atoms with Gasteiger partial charge in [0.05, 0.1) is 37.3 Å². The van der Waals surface area contributed by atoms with Crippen molar-refractivity contribution < 1.29 is 23.8 Å². The Labute approximate surface area is 230 Å². The normalized spacial score (nSPS) is 18.3. The van der Waals surface area contributed by atoms with Gasteiger partial charge in [0.15, 0.2) is 0 Å². The van der Waals surface area contributed by atoms with Gasteiger partial charge in [-0.1, -0.05) is 47.7 Å². The lowest BCUT2D eigenvalue weighted by atomic mass is 9.83. The molecular weight excluding hydrogens is 511 g/mol. The van der Waals surface area contributed by atoms with Crippen LogP contribution >= 0.6 is 0 Å². The summed E-state index contributed by atoms with van der Waals surface area (Å²) in [5.74, 6) is -2.25. The highest BCUT2D eigenvalue weighted by Gasteiger charge is 2.27.